The summed E-state index contributed by atoms with van der Waals surface area (Å²) in [4.78, 5) is 16.4. The lowest BCUT2D eigenvalue weighted by atomic mass is 10.2. The molecule has 2 aromatic carbocycles. The first-order valence-corrected chi connectivity index (χ1v) is 9.49. The number of anilines is 1. The molecule has 3 aromatic rings. The molecule has 5 nitrogen and oxygen atoms in total. The zero-order chi connectivity index (χ0) is 19.2. The van der Waals surface area contributed by atoms with Crippen molar-refractivity contribution >= 4 is 35.0 Å². The van der Waals surface area contributed by atoms with E-state index in [-0.39, 0.29) is 24.1 Å². The van der Waals surface area contributed by atoms with E-state index in [1.54, 1.807) is 18.3 Å². The number of aliphatic hydroxyl groups is 1. The summed E-state index contributed by atoms with van der Waals surface area (Å²) in [6.45, 7) is 0.359. The van der Waals surface area contributed by atoms with E-state index in [0.717, 1.165) is 5.56 Å². The van der Waals surface area contributed by atoms with Crippen LogP contribution in [-0.4, -0.2) is 26.3 Å². The number of hydrogen-bond donors (Lipinski definition) is 2. The third-order valence-electron chi connectivity index (χ3n) is 3.78. The zero-order valence-corrected chi connectivity index (χ0v) is 15.8. The van der Waals surface area contributed by atoms with Crippen LogP contribution < -0.4 is 5.32 Å². The Labute approximate surface area is 165 Å². The van der Waals surface area contributed by atoms with Crippen molar-refractivity contribution in [3.05, 3.63) is 76.8 Å². The molecule has 0 aliphatic heterocycles. The Morgan fingerprint density at radius 1 is 1.19 bits per heavy atom. The summed E-state index contributed by atoms with van der Waals surface area (Å²) in [5.41, 5.74) is 2.19. The first kappa shape index (κ1) is 19.4. The molecule has 0 spiro atoms. The van der Waals surface area contributed by atoms with Crippen LogP contribution in [0.4, 0.5) is 10.1 Å². The predicted molar refractivity (Wildman–Crippen MR) is 104 cm³/mol. The van der Waals surface area contributed by atoms with Crippen LogP contribution in [0.1, 0.15) is 11.3 Å². The number of benzene rings is 2. The van der Waals surface area contributed by atoms with Crippen molar-refractivity contribution in [1.29, 1.82) is 0 Å². The lowest BCUT2D eigenvalue weighted by Gasteiger charge is -2.11. The molecule has 0 fully saturated rings. The van der Waals surface area contributed by atoms with Gasteiger partial charge in [-0.25, -0.2) is 9.37 Å². The minimum absolute atomic E-state index is 0.139. The molecule has 140 valence electrons. The molecule has 0 aliphatic rings. The van der Waals surface area contributed by atoms with Crippen LogP contribution >= 0.6 is 23.4 Å². The molecule has 0 aliphatic carbocycles. The second-order valence-corrected chi connectivity index (χ2v) is 7.13. The second kappa shape index (κ2) is 9.03. The van der Waals surface area contributed by atoms with Gasteiger partial charge in [-0.3, -0.25) is 4.79 Å². The summed E-state index contributed by atoms with van der Waals surface area (Å²) in [5.74, 6) is -0.443. The monoisotopic (exact) mass is 405 g/mol. The van der Waals surface area contributed by atoms with Gasteiger partial charge >= 0.3 is 0 Å². The van der Waals surface area contributed by atoms with E-state index < -0.39 is 0 Å². The van der Waals surface area contributed by atoms with Gasteiger partial charge in [-0.1, -0.05) is 35.5 Å². The van der Waals surface area contributed by atoms with Crippen molar-refractivity contribution in [2.24, 2.45) is 0 Å². The van der Waals surface area contributed by atoms with Gasteiger partial charge in [0.1, 0.15) is 5.82 Å². The fourth-order valence-corrected chi connectivity index (χ4v) is 3.36. The number of aliphatic hydroxyl groups excluding tert-OH is 1. The number of carbonyl (C=O) groups is 1. The van der Waals surface area contributed by atoms with Crippen LogP contribution in [0.15, 0.2) is 59.9 Å². The topological polar surface area (TPSA) is 67.1 Å². The SMILES string of the molecule is O=C(CSc1ncc(CO)n1Cc1ccc(Cl)cc1)Nc1ccc(F)cc1. The zero-order valence-electron chi connectivity index (χ0n) is 14.2. The molecule has 27 heavy (non-hydrogen) atoms. The summed E-state index contributed by atoms with van der Waals surface area (Å²) < 4.78 is 14.8. The largest absolute Gasteiger partial charge is 0.390 e. The maximum atomic E-state index is 12.9. The van der Waals surface area contributed by atoms with Gasteiger partial charge in [-0.2, -0.15) is 0 Å². The van der Waals surface area contributed by atoms with Crippen molar-refractivity contribution in [3.8, 4) is 0 Å². The van der Waals surface area contributed by atoms with E-state index >= 15 is 0 Å². The number of nitrogens with zero attached hydrogens (tertiary/aromatic N) is 2. The van der Waals surface area contributed by atoms with Crippen molar-refractivity contribution in [2.45, 2.75) is 18.3 Å². The quantitative estimate of drug-likeness (QED) is 0.584. The minimum atomic E-state index is -0.358. The molecule has 2 N–H and O–H groups in total. The number of rotatable bonds is 7. The van der Waals surface area contributed by atoms with Gasteiger partial charge in [0, 0.05) is 17.3 Å². The number of aromatic nitrogens is 2. The number of thioether (sulfide) groups is 1. The van der Waals surface area contributed by atoms with Gasteiger partial charge in [-0.05, 0) is 42.0 Å². The average Bonchev–Trinajstić information content (AvgIpc) is 3.05. The number of carbonyl (C=O) groups excluding carboxylic acids is 1. The highest BCUT2D eigenvalue weighted by Crippen LogP contribution is 2.21. The van der Waals surface area contributed by atoms with E-state index in [9.17, 15) is 14.3 Å². The highest BCUT2D eigenvalue weighted by molar-refractivity contribution is 7.99. The van der Waals surface area contributed by atoms with Crippen LogP contribution in [0.25, 0.3) is 0 Å². The van der Waals surface area contributed by atoms with Gasteiger partial charge in [0.25, 0.3) is 0 Å². The number of amides is 1. The second-order valence-electron chi connectivity index (χ2n) is 5.75. The number of hydrogen-bond acceptors (Lipinski definition) is 4. The molecule has 1 amide bonds. The average molecular weight is 406 g/mol. The first-order valence-electron chi connectivity index (χ1n) is 8.13. The fraction of sp³-hybridized carbons (Fsp3) is 0.158. The molecule has 1 aromatic heterocycles. The smallest absolute Gasteiger partial charge is 0.234 e. The van der Waals surface area contributed by atoms with Crippen molar-refractivity contribution < 1.29 is 14.3 Å². The maximum absolute atomic E-state index is 12.9. The fourth-order valence-electron chi connectivity index (χ4n) is 2.44. The molecule has 1 heterocycles. The highest BCUT2D eigenvalue weighted by atomic mass is 35.5. The molecule has 0 unspecified atom stereocenters. The van der Waals surface area contributed by atoms with Crippen LogP contribution in [0.2, 0.25) is 5.02 Å². The Balaban J connectivity index is 1.65. The van der Waals surface area contributed by atoms with Gasteiger partial charge in [0.05, 0.1) is 24.3 Å². The van der Waals surface area contributed by atoms with Crippen LogP contribution in [0, 0.1) is 5.82 Å². The highest BCUT2D eigenvalue weighted by Gasteiger charge is 2.13. The van der Waals surface area contributed by atoms with E-state index in [4.69, 9.17) is 11.6 Å². The summed E-state index contributed by atoms with van der Waals surface area (Å²) in [6.07, 6.45) is 1.59. The van der Waals surface area contributed by atoms with E-state index in [0.29, 0.717) is 28.1 Å². The van der Waals surface area contributed by atoms with Gasteiger partial charge in [0.2, 0.25) is 5.91 Å². The van der Waals surface area contributed by atoms with Crippen molar-refractivity contribution in [1.82, 2.24) is 9.55 Å². The summed E-state index contributed by atoms with van der Waals surface area (Å²) in [5, 5.41) is 13.5. The maximum Gasteiger partial charge on any atom is 0.234 e. The normalized spacial score (nSPS) is 10.8. The van der Waals surface area contributed by atoms with Crippen LogP contribution in [0.3, 0.4) is 0 Å². The van der Waals surface area contributed by atoms with Crippen molar-refractivity contribution in [2.75, 3.05) is 11.1 Å². The van der Waals surface area contributed by atoms with E-state index in [2.05, 4.69) is 10.3 Å². The molecule has 3 rings (SSSR count). The lowest BCUT2D eigenvalue weighted by molar-refractivity contribution is -0.113. The predicted octanol–water partition coefficient (Wildman–Crippen LogP) is 3.95. The molecule has 0 bridgehead atoms. The van der Waals surface area contributed by atoms with Crippen LogP contribution in [0.5, 0.6) is 0 Å². The summed E-state index contributed by atoms with van der Waals surface area (Å²) in [6, 6.07) is 13.0. The third kappa shape index (κ3) is 5.32. The van der Waals surface area contributed by atoms with Gasteiger partial charge in [0.15, 0.2) is 5.16 Å². The Kier molecular flexibility index (Phi) is 6.49. The van der Waals surface area contributed by atoms with Gasteiger partial charge in [-0.15, -0.1) is 0 Å². The minimum Gasteiger partial charge on any atom is -0.390 e. The Morgan fingerprint density at radius 3 is 2.56 bits per heavy atom. The van der Waals surface area contributed by atoms with Crippen molar-refractivity contribution in [3.63, 3.8) is 0 Å². The molecule has 0 radical (unpaired) electrons. The Morgan fingerprint density at radius 2 is 1.89 bits per heavy atom. The first-order chi connectivity index (χ1) is 13.0. The summed E-state index contributed by atoms with van der Waals surface area (Å²) >= 11 is 7.18. The Bertz CT molecular complexity index is 914. The molecule has 8 heteroatoms. The van der Waals surface area contributed by atoms with Gasteiger partial charge < -0.3 is 15.0 Å². The molecular formula is C19H17ClFN3O2S. The summed E-state index contributed by atoms with van der Waals surface area (Å²) in [7, 11) is 0. The third-order valence-corrected chi connectivity index (χ3v) is 5.02. The molecular weight excluding hydrogens is 389 g/mol. The number of imidazole rings is 1. The molecule has 0 saturated carbocycles. The number of nitrogens with one attached hydrogen (secondary N) is 1. The number of halogens is 2. The molecule has 0 atom stereocenters. The van der Waals surface area contributed by atoms with Crippen LogP contribution in [-0.2, 0) is 17.9 Å². The van der Waals surface area contributed by atoms with E-state index in [1.165, 1.54) is 36.0 Å². The molecule has 0 saturated heterocycles. The van der Waals surface area contributed by atoms with E-state index in [1.807, 2.05) is 16.7 Å². The Hall–Kier alpha value is -2.35. The lowest BCUT2D eigenvalue weighted by Crippen LogP contribution is -2.15. The standard InChI is InChI=1S/C19H17ClFN3O2S/c20-14-3-1-13(2-4-14)10-24-17(11-25)9-22-19(24)27-12-18(26)23-16-7-5-15(21)6-8-16/h1-9,25H,10-12H2,(H,23,26).